The van der Waals surface area contributed by atoms with Gasteiger partial charge in [-0.2, -0.15) is 0 Å². The lowest BCUT2D eigenvalue weighted by molar-refractivity contribution is -0.149. The van der Waals surface area contributed by atoms with E-state index in [-0.39, 0.29) is 22.5 Å². The summed E-state index contributed by atoms with van der Waals surface area (Å²) in [5.74, 6) is -2.10. The average molecular weight is 508 g/mol. The Kier molecular flexibility index (Phi) is 6.12. The summed E-state index contributed by atoms with van der Waals surface area (Å²) in [6.07, 6.45) is 2.84. The van der Waals surface area contributed by atoms with E-state index < -0.39 is 22.6 Å². The van der Waals surface area contributed by atoms with Crippen LogP contribution in [0, 0.1) is 13.8 Å². The second-order valence-electron chi connectivity index (χ2n) is 7.24. The number of thioether (sulfide) groups is 1. The molecule has 0 bridgehead atoms. The van der Waals surface area contributed by atoms with E-state index in [1.165, 1.54) is 26.5 Å². The number of aryl methyl sites for hydroxylation is 1. The third-order valence-corrected chi connectivity index (χ3v) is 8.01. The first-order valence-electron chi connectivity index (χ1n) is 9.31. The average Bonchev–Trinajstić information content (AvgIpc) is 3.03. The van der Waals surface area contributed by atoms with Crippen LogP contribution in [0.3, 0.4) is 0 Å². The molecule has 0 amide bonds. The molecule has 164 valence electrons. The summed E-state index contributed by atoms with van der Waals surface area (Å²) < 4.78 is 10.4. The lowest BCUT2D eigenvalue weighted by Crippen LogP contribution is -2.52. The van der Waals surface area contributed by atoms with Crippen LogP contribution in [0.5, 0.6) is 5.75 Å². The number of hydrogen-bond donors (Lipinski definition) is 1. The Morgan fingerprint density at radius 2 is 1.77 bits per heavy atom. The van der Waals surface area contributed by atoms with Crippen molar-refractivity contribution in [2.45, 2.75) is 32.6 Å². The van der Waals surface area contributed by atoms with Crippen molar-refractivity contribution < 1.29 is 29.0 Å². The fourth-order valence-corrected chi connectivity index (χ4v) is 5.49. The van der Waals surface area contributed by atoms with Gasteiger partial charge in [-0.05, 0) is 66.9 Å². The zero-order valence-electron chi connectivity index (χ0n) is 18.0. The maximum Gasteiger partial charge on any atom is 0.348 e. The molecule has 0 saturated heterocycles. The van der Waals surface area contributed by atoms with Gasteiger partial charge in [-0.1, -0.05) is 11.8 Å². The molecule has 31 heavy (non-hydrogen) atoms. The minimum Gasteiger partial charge on any atom is -0.506 e. The molecule has 3 rings (SSSR count). The van der Waals surface area contributed by atoms with Gasteiger partial charge in [0.1, 0.15) is 5.75 Å². The van der Waals surface area contributed by atoms with Crippen LogP contribution in [0.2, 0.25) is 0 Å². The van der Waals surface area contributed by atoms with E-state index in [1.54, 1.807) is 17.9 Å². The Morgan fingerprint density at radius 1 is 1.13 bits per heavy atom. The summed E-state index contributed by atoms with van der Waals surface area (Å²) in [6, 6.07) is 1.60. The van der Waals surface area contributed by atoms with Crippen molar-refractivity contribution in [1.29, 1.82) is 0 Å². The van der Waals surface area contributed by atoms with E-state index in [4.69, 9.17) is 9.47 Å². The van der Waals surface area contributed by atoms with Gasteiger partial charge < -0.3 is 19.5 Å². The van der Waals surface area contributed by atoms with Crippen LogP contribution >= 0.6 is 27.7 Å². The normalized spacial score (nSPS) is 20.2. The maximum atomic E-state index is 13.4. The molecule has 0 spiro atoms. The first-order chi connectivity index (χ1) is 14.5. The lowest BCUT2D eigenvalue weighted by atomic mass is 9.92. The van der Waals surface area contributed by atoms with E-state index in [0.717, 1.165) is 27.8 Å². The number of esters is 2. The Balaban J connectivity index is 2.24. The molecule has 1 atom stereocenters. The molecule has 0 fully saturated rings. The zero-order chi connectivity index (χ0) is 23.2. The van der Waals surface area contributed by atoms with Crippen molar-refractivity contribution in [3.63, 3.8) is 0 Å². The Labute approximate surface area is 192 Å². The van der Waals surface area contributed by atoms with Crippen LogP contribution in [0.4, 0.5) is 0 Å². The number of hydrogen-bond acceptors (Lipinski definition) is 8. The van der Waals surface area contributed by atoms with Gasteiger partial charge in [0.05, 0.1) is 29.8 Å². The van der Waals surface area contributed by atoms with Gasteiger partial charge in [0.15, 0.2) is 5.78 Å². The summed E-state index contributed by atoms with van der Waals surface area (Å²) >= 11 is 4.48. The maximum absolute atomic E-state index is 13.4. The smallest absolute Gasteiger partial charge is 0.348 e. The van der Waals surface area contributed by atoms with E-state index in [9.17, 15) is 19.5 Å². The van der Waals surface area contributed by atoms with Crippen LogP contribution in [0.1, 0.15) is 35.3 Å². The highest BCUT2D eigenvalue weighted by Crippen LogP contribution is 2.53. The predicted molar refractivity (Wildman–Crippen MR) is 120 cm³/mol. The summed E-state index contributed by atoms with van der Waals surface area (Å²) in [7, 11) is 2.44. The third kappa shape index (κ3) is 3.40. The fourth-order valence-electron chi connectivity index (χ4n) is 3.56. The highest BCUT2D eigenvalue weighted by Gasteiger charge is 2.58. The van der Waals surface area contributed by atoms with Crippen LogP contribution in [0.25, 0.3) is 0 Å². The molecule has 7 nitrogen and oxygen atoms in total. The number of phenols is 1. The van der Waals surface area contributed by atoms with Gasteiger partial charge >= 0.3 is 11.9 Å². The van der Waals surface area contributed by atoms with Crippen LogP contribution in [-0.4, -0.2) is 46.8 Å². The van der Waals surface area contributed by atoms with Crippen LogP contribution in [0.15, 0.2) is 44.6 Å². The molecule has 2 aliphatic heterocycles. The minimum absolute atomic E-state index is 0.0312. The number of methoxy groups -OCH3 is 2. The number of ether oxygens (including phenoxy) is 2. The molecule has 0 aromatic heterocycles. The SMILES string of the molecule is COC(=O)C1=CC(C(=O)c2cc(C)c(C)c(Br)c2O)=CN2C(C)=C(C)SC12C(=O)OC. The number of aromatic hydroxyl groups is 1. The van der Waals surface area contributed by atoms with Crippen molar-refractivity contribution in [1.82, 2.24) is 4.90 Å². The fraction of sp³-hybridized carbons (Fsp3) is 0.318. The third-order valence-electron chi connectivity index (χ3n) is 5.56. The summed E-state index contributed by atoms with van der Waals surface area (Å²) in [5.41, 5.74) is 2.50. The first-order valence-corrected chi connectivity index (χ1v) is 10.9. The minimum atomic E-state index is -1.52. The van der Waals surface area contributed by atoms with Gasteiger partial charge in [0.2, 0.25) is 4.87 Å². The number of fused-ring (bicyclic) bond motifs is 1. The van der Waals surface area contributed by atoms with Gasteiger partial charge in [-0.3, -0.25) is 4.79 Å². The quantitative estimate of drug-likeness (QED) is 0.480. The highest BCUT2D eigenvalue weighted by molar-refractivity contribution is 9.10. The van der Waals surface area contributed by atoms with Crippen molar-refractivity contribution in [3.8, 4) is 5.75 Å². The van der Waals surface area contributed by atoms with E-state index >= 15 is 0 Å². The first kappa shape index (κ1) is 23.1. The number of phenolic OH excluding ortho intramolecular Hbond substituents is 1. The number of allylic oxidation sites excluding steroid dienone is 4. The molecule has 0 aliphatic carbocycles. The molecule has 0 radical (unpaired) electrons. The van der Waals surface area contributed by atoms with Crippen molar-refractivity contribution in [2.24, 2.45) is 0 Å². The van der Waals surface area contributed by atoms with E-state index in [1.807, 2.05) is 20.8 Å². The summed E-state index contributed by atoms with van der Waals surface area (Å²) in [5, 5.41) is 10.6. The second kappa shape index (κ2) is 8.20. The monoisotopic (exact) mass is 507 g/mol. The molecule has 0 saturated carbocycles. The van der Waals surface area contributed by atoms with Gasteiger partial charge in [-0.25, -0.2) is 9.59 Å². The Hall–Kier alpha value is -2.52. The molecule has 1 aromatic rings. The number of halogens is 1. The number of carbonyl (C=O) groups is 3. The molecular formula is C22H22BrNO6S. The molecular weight excluding hydrogens is 486 g/mol. The zero-order valence-corrected chi connectivity index (χ0v) is 20.4. The number of rotatable bonds is 4. The highest BCUT2D eigenvalue weighted by atomic mass is 79.9. The van der Waals surface area contributed by atoms with E-state index in [2.05, 4.69) is 15.9 Å². The summed E-state index contributed by atoms with van der Waals surface area (Å²) in [4.78, 5) is 39.9. The summed E-state index contributed by atoms with van der Waals surface area (Å²) in [6.45, 7) is 7.26. The second-order valence-corrected chi connectivity index (χ2v) is 9.44. The molecule has 1 unspecified atom stereocenters. The van der Waals surface area contributed by atoms with Gasteiger partial charge in [0.25, 0.3) is 0 Å². The molecule has 1 aromatic carbocycles. The van der Waals surface area contributed by atoms with Crippen LogP contribution in [-0.2, 0) is 19.1 Å². The largest absolute Gasteiger partial charge is 0.506 e. The molecule has 1 N–H and O–H groups in total. The number of carbonyl (C=O) groups excluding carboxylic acids is 3. The Bertz CT molecular complexity index is 1120. The van der Waals surface area contributed by atoms with E-state index in [0.29, 0.717) is 10.2 Å². The molecule has 9 heteroatoms. The van der Waals surface area contributed by atoms with Crippen molar-refractivity contribution >= 4 is 45.4 Å². The number of ketones is 1. The number of nitrogens with zero attached hydrogens (tertiary/aromatic N) is 1. The van der Waals surface area contributed by atoms with Crippen molar-refractivity contribution in [2.75, 3.05) is 14.2 Å². The topological polar surface area (TPSA) is 93.1 Å². The standard InChI is InChI=1S/C22H22BrNO6S/c1-10-7-15(19(26)17(23)11(10)2)18(25)14-8-16(20(27)29-5)22(21(28)30-6)24(9-14)12(3)13(4)31-22/h7-9,26H,1-6H3. The van der Waals surface area contributed by atoms with Gasteiger partial charge in [-0.15, -0.1) is 0 Å². The van der Waals surface area contributed by atoms with Crippen LogP contribution < -0.4 is 0 Å². The Morgan fingerprint density at radius 3 is 2.35 bits per heavy atom. The molecule has 2 heterocycles. The number of Topliss-reactive ketones (excluding diaryl/α,β-unsaturated/α-hetero) is 1. The van der Waals surface area contributed by atoms with Crippen molar-refractivity contribution in [3.05, 3.63) is 61.3 Å². The number of benzene rings is 1. The predicted octanol–water partition coefficient (Wildman–Crippen LogP) is 4.12. The van der Waals surface area contributed by atoms with Gasteiger partial charge in [0, 0.05) is 22.4 Å². The lowest BCUT2D eigenvalue weighted by Gasteiger charge is -2.38. The molecule has 2 aliphatic rings.